The van der Waals surface area contributed by atoms with Gasteiger partial charge in [0.1, 0.15) is 5.69 Å². The maximum absolute atomic E-state index is 10.7. The zero-order valence-electron chi connectivity index (χ0n) is 7.75. The number of fused-ring (bicyclic) bond motifs is 1. The molecule has 0 aliphatic carbocycles. The predicted molar refractivity (Wildman–Crippen MR) is 58.2 cm³/mol. The summed E-state index contributed by atoms with van der Waals surface area (Å²) >= 11 is 6.07. The van der Waals surface area contributed by atoms with Crippen LogP contribution in [0.4, 0.5) is 0 Å². The molecule has 78 valence electrons. The summed E-state index contributed by atoms with van der Waals surface area (Å²) in [4.78, 5) is 13.5. The number of nitrogens with one attached hydrogen (secondary N) is 1. The number of aromatic nitrogens is 1. The highest BCUT2D eigenvalue weighted by molar-refractivity contribution is 6.36. The Morgan fingerprint density at radius 1 is 1.53 bits per heavy atom. The maximum Gasteiger partial charge on any atom is 0.352 e. The number of nitrogens with two attached hydrogens (primary N) is 1. The number of carbonyl (C=O) groups is 1. The molecule has 2 rings (SSSR count). The highest BCUT2D eigenvalue weighted by Crippen LogP contribution is 2.27. The van der Waals surface area contributed by atoms with Crippen LogP contribution in [0.15, 0.2) is 18.2 Å². The van der Waals surface area contributed by atoms with E-state index in [9.17, 15) is 4.79 Å². The molecule has 15 heavy (non-hydrogen) atoms. The zero-order valence-corrected chi connectivity index (χ0v) is 8.51. The number of H-pyrrole nitrogens is 1. The monoisotopic (exact) mass is 224 g/mol. The van der Waals surface area contributed by atoms with Crippen LogP contribution >= 0.6 is 11.6 Å². The lowest BCUT2D eigenvalue weighted by Gasteiger charge is -2.00. The van der Waals surface area contributed by atoms with Crippen LogP contribution in [0.1, 0.15) is 16.1 Å². The number of aromatic carboxylic acids is 1. The first-order chi connectivity index (χ1) is 7.13. The van der Waals surface area contributed by atoms with E-state index in [2.05, 4.69) is 4.98 Å². The van der Waals surface area contributed by atoms with Crippen molar-refractivity contribution in [1.29, 1.82) is 0 Å². The third-order valence-electron chi connectivity index (χ3n) is 2.27. The van der Waals surface area contributed by atoms with Crippen LogP contribution < -0.4 is 5.73 Å². The van der Waals surface area contributed by atoms with E-state index in [0.717, 1.165) is 5.56 Å². The minimum Gasteiger partial charge on any atom is -0.477 e. The van der Waals surface area contributed by atoms with Crippen molar-refractivity contribution in [3.63, 3.8) is 0 Å². The normalized spacial score (nSPS) is 10.8. The first-order valence-corrected chi connectivity index (χ1v) is 4.74. The van der Waals surface area contributed by atoms with Crippen LogP contribution in [0.25, 0.3) is 10.9 Å². The van der Waals surface area contributed by atoms with E-state index in [1.807, 2.05) is 0 Å². The van der Waals surface area contributed by atoms with E-state index in [-0.39, 0.29) is 5.69 Å². The SMILES string of the molecule is NCc1ccc2[nH]c(C(=O)O)cc2c1Cl. The van der Waals surface area contributed by atoms with Crippen LogP contribution in [0.3, 0.4) is 0 Å². The summed E-state index contributed by atoms with van der Waals surface area (Å²) in [6.07, 6.45) is 0. The quantitative estimate of drug-likeness (QED) is 0.730. The molecule has 0 atom stereocenters. The van der Waals surface area contributed by atoms with Gasteiger partial charge < -0.3 is 15.8 Å². The summed E-state index contributed by atoms with van der Waals surface area (Å²) in [6, 6.07) is 5.07. The molecule has 0 saturated carbocycles. The van der Waals surface area contributed by atoms with Crippen molar-refractivity contribution in [2.45, 2.75) is 6.54 Å². The van der Waals surface area contributed by atoms with Crippen molar-refractivity contribution in [3.05, 3.63) is 34.5 Å². The molecule has 0 aliphatic rings. The van der Waals surface area contributed by atoms with Gasteiger partial charge in [-0.05, 0) is 17.7 Å². The molecule has 4 N–H and O–H groups in total. The maximum atomic E-state index is 10.7. The molecule has 0 aliphatic heterocycles. The van der Waals surface area contributed by atoms with E-state index in [4.69, 9.17) is 22.4 Å². The Kier molecular flexibility index (Phi) is 2.38. The fourth-order valence-electron chi connectivity index (χ4n) is 1.49. The molecule has 2 aromatic rings. The average molecular weight is 225 g/mol. The summed E-state index contributed by atoms with van der Waals surface area (Å²) in [5.74, 6) is -1.00. The van der Waals surface area contributed by atoms with Gasteiger partial charge in [0, 0.05) is 17.4 Å². The molecule has 0 bridgehead atoms. The third-order valence-corrected chi connectivity index (χ3v) is 2.71. The van der Waals surface area contributed by atoms with Gasteiger partial charge >= 0.3 is 5.97 Å². The highest BCUT2D eigenvalue weighted by Gasteiger charge is 2.11. The first-order valence-electron chi connectivity index (χ1n) is 4.37. The van der Waals surface area contributed by atoms with Crippen molar-refractivity contribution < 1.29 is 9.90 Å². The average Bonchev–Trinajstić information content (AvgIpc) is 2.63. The molecule has 4 nitrogen and oxygen atoms in total. The van der Waals surface area contributed by atoms with Gasteiger partial charge in [0.25, 0.3) is 0 Å². The first kappa shape index (κ1) is 10.0. The van der Waals surface area contributed by atoms with E-state index in [1.54, 1.807) is 12.1 Å². The number of benzene rings is 1. The molecule has 0 fully saturated rings. The molecule has 1 heterocycles. The lowest BCUT2D eigenvalue weighted by molar-refractivity contribution is 0.0691. The molecule has 0 amide bonds. The summed E-state index contributed by atoms with van der Waals surface area (Å²) in [7, 11) is 0. The minimum atomic E-state index is -1.00. The zero-order chi connectivity index (χ0) is 11.0. The van der Waals surface area contributed by atoms with Gasteiger partial charge in [-0.1, -0.05) is 17.7 Å². The van der Waals surface area contributed by atoms with Gasteiger partial charge in [0.2, 0.25) is 0 Å². The van der Waals surface area contributed by atoms with Crippen LogP contribution in [-0.4, -0.2) is 16.1 Å². The van der Waals surface area contributed by atoms with Crippen LogP contribution in [0.2, 0.25) is 5.02 Å². The van der Waals surface area contributed by atoms with Gasteiger partial charge in [-0.15, -0.1) is 0 Å². The number of carboxylic acids is 1. The molecular weight excluding hydrogens is 216 g/mol. The predicted octanol–water partition coefficient (Wildman–Crippen LogP) is 1.98. The second-order valence-electron chi connectivity index (χ2n) is 3.19. The topological polar surface area (TPSA) is 79.1 Å². The van der Waals surface area contributed by atoms with Crippen molar-refractivity contribution in [3.8, 4) is 0 Å². The highest BCUT2D eigenvalue weighted by atomic mass is 35.5. The Labute approximate surface area is 90.7 Å². The Hall–Kier alpha value is -1.52. The lowest BCUT2D eigenvalue weighted by Crippen LogP contribution is -1.96. The van der Waals surface area contributed by atoms with Gasteiger partial charge in [0.05, 0.1) is 5.02 Å². The lowest BCUT2D eigenvalue weighted by atomic mass is 10.1. The molecular formula is C10H9ClN2O2. The molecule has 0 radical (unpaired) electrons. The Balaban J connectivity index is 2.71. The number of hydrogen-bond donors (Lipinski definition) is 3. The Morgan fingerprint density at radius 2 is 2.27 bits per heavy atom. The second kappa shape index (κ2) is 3.56. The van der Waals surface area contributed by atoms with Crippen LogP contribution in [-0.2, 0) is 6.54 Å². The van der Waals surface area contributed by atoms with E-state index < -0.39 is 5.97 Å². The van der Waals surface area contributed by atoms with E-state index in [0.29, 0.717) is 22.5 Å². The van der Waals surface area contributed by atoms with Gasteiger partial charge in [-0.2, -0.15) is 0 Å². The fraction of sp³-hybridized carbons (Fsp3) is 0.100. The number of hydrogen-bond acceptors (Lipinski definition) is 2. The van der Waals surface area contributed by atoms with Crippen molar-refractivity contribution in [1.82, 2.24) is 4.98 Å². The standard InChI is InChI=1S/C10H9ClN2O2/c11-9-5(4-12)1-2-7-6(9)3-8(13-7)10(14)15/h1-3,13H,4,12H2,(H,14,15). The second-order valence-corrected chi connectivity index (χ2v) is 3.57. The summed E-state index contributed by atoms with van der Waals surface area (Å²) < 4.78 is 0. The number of carboxylic acid groups (broad SMARTS) is 1. The van der Waals surface area contributed by atoms with E-state index in [1.165, 1.54) is 6.07 Å². The minimum absolute atomic E-state index is 0.126. The molecule has 0 spiro atoms. The molecule has 1 aromatic heterocycles. The fourth-order valence-corrected chi connectivity index (χ4v) is 1.78. The molecule has 0 saturated heterocycles. The van der Waals surface area contributed by atoms with Crippen LogP contribution in [0.5, 0.6) is 0 Å². The number of rotatable bonds is 2. The smallest absolute Gasteiger partial charge is 0.352 e. The van der Waals surface area contributed by atoms with Crippen LogP contribution in [0, 0.1) is 0 Å². The van der Waals surface area contributed by atoms with Gasteiger partial charge in [-0.25, -0.2) is 4.79 Å². The van der Waals surface area contributed by atoms with Gasteiger partial charge in [-0.3, -0.25) is 0 Å². The number of aromatic amines is 1. The van der Waals surface area contributed by atoms with Crippen molar-refractivity contribution in [2.75, 3.05) is 0 Å². The van der Waals surface area contributed by atoms with E-state index >= 15 is 0 Å². The summed E-state index contributed by atoms with van der Waals surface area (Å²) in [5.41, 5.74) is 7.13. The summed E-state index contributed by atoms with van der Waals surface area (Å²) in [6.45, 7) is 0.336. The van der Waals surface area contributed by atoms with Gasteiger partial charge in [0.15, 0.2) is 0 Å². The molecule has 1 aromatic carbocycles. The summed E-state index contributed by atoms with van der Waals surface area (Å²) in [5, 5.41) is 10.0. The third kappa shape index (κ3) is 1.58. The van der Waals surface area contributed by atoms with Crippen molar-refractivity contribution in [2.24, 2.45) is 5.73 Å². The molecule has 5 heteroatoms. The Morgan fingerprint density at radius 3 is 2.87 bits per heavy atom. The van der Waals surface area contributed by atoms with Crippen molar-refractivity contribution >= 4 is 28.5 Å². The largest absolute Gasteiger partial charge is 0.477 e. The number of halogens is 1. The Bertz CT molecular complexity index is 533. The molecule has 0 unspecified atom stereocenters.